The number of rotatable bonds is 6. The lowest BCUT2D eigenvalue weighted by molar-refractivity contribution is -0.128. The molecule has 4 heteroatoms. The topological polar surface area (TPSA) is 55.4 Å². The van der Waals surface area contributed by atoms with Crippen LogP contribution in [0.25, 0.3) is 0 Å². The standard InChI is InChI=1S/C15H21NO3/c1-10(2)15(18)16-14(11(3)17)9-12-5-7-13(19-4)8-6-12/h5-8,10,14H,9H2,1-4H3,(H,16,18). The van der Waals surface area contributed by atoms with Gasteiger partial charge in [0.1, 0.15) is 5.75 Å². The van der Waals surface area contributed by atoms with Gasteiger partial charge in [-0.3, -0.25) is 9.59 Å². The molecule has 1 N–H and O–H groups in total. The average molecular weight is 263 g/mol. The molecule has 0 bridgehead atoms. The van der Waals surface area contributed by atoms with Gasteiger partial charge in [0, 0.05) is 5.92 Å². The summed E-state index contributed by atoms with van der Waals surface area (Å²) >= 11 is 0. The Morgan fingerprint density at radius 2 is 1.79 bits per heavy atom. The van der Waals surface area contributed by atoms with Crippen molar-refractivity contribution in [2.45, 2.75) is 33.2 Å². The van der Waals surface area contributed by atoms with Crippen LogP contribution in [0, 0.1) is 5.92 Å². The van der Waals surface area contributed by atoms with E-state index in [0.717, 1.165) is 11.3 Å². The Bertz CT molecular complexity index is 437. The minimum atomic E-state index is -0.469. The number of amides is 1. The van der Waals surface area contributed by atoms with Gasteiger partial charge in [0.2, 0.25) is 5.91 Å². The highest BCUT2D eigenvalue weighted by atomic mass is 16.5. The predicted molar refractivity (Wildman–Crippen MR) is 74.1 cm³/mol. The van der Waals surface area contributed by atoms with E-state index in [2.05, 4.69) is 5.32 Å². The van der Waals surface area contributed by atoms with Crippen molar-refractivity contribution >= 4 is 11.7 Å². The first-order valence-corrected chi connectivity index (χ1v) is 6.37. The first-order valence-electron chi connectivity index (χ1n) is 6.37. The Kier molecular flexibility index (Phi) is 5.55. The molecule has 0 aliphatic carbocycles. The molecule has 0 spiro atoms. The van der Waals surface area contributed by atoms with E-state index in [9.17, 15) is 9.59 Å². The summed E-state index contributed by atoms with van der Waals surface area (Å²) in [6.07, 6.45) is 0.498. The van der Waals surface area contributed by atoms with Crippen LogP contribution >= 0.6 is 0 Å². The zero-order valence-corrected chi connectivity index (χ0v) is 11.9. The maximum absolute atomic E-state index is 11.7. The van der Waals surface area contributed by atoms with Crippen LogP contribution in [0.5, 0.6) is 5.75 Å². The summed E-state index contributed by atoms with van der Waals surface area (Å²) < 4.78 is 5.08. The SMILES string of the molecule is COc1ccc(CC(NC(=O)C(C)C)C(C)=O)cc1. The van der Waals surface area contributed by atoms with Gasteiger partial charge in [0.05, 0.1) is 13.2 Å². The van der Waals surface area contributed by atoms with Crippen LogP contribution in [0.1, 0.15) is 26.3 Å². The molecule has 1 atom stereocenters. The van der Waals surface area contributed by atoms with Crippen molar-refractivity contribution in [1.82, 2.24) is 5.32 Å². The molecule has 1 rings (SSSR count). The normalized spacial score (nSPS) is 12.1. The van der Waals surface area contributed by atoms with Gasteiger partial charge in [-0.05, 0) is 31.0 Å². The van der Waals surface area contributed by atoms with Crippen molar-refractivity contribution in [3.63, 3.8) is 0 Å². The zero-order chi connectivity index (χ0) is 14.4. The summed E-state index contributed by atoms with van der Waals surface area (Å²) in [5, 5.41) is 2.77. The maximum Gasteiger partial charge on any atom is 0.223 e. The number of carbonyl (C=O) groups excluding carboxylic acids is 2. The van der Waals surface area contributed by atoms with Gasteiger partial charge in [-0.15, -0.1) is 0 Å². The fraction of sp³-hybridized carbons (Fsp3) is 0.467. The Balaban J connectivity index is 2.72. The van der Waals surface area contributed by atoms with Crippen LogP contribution < -0.4 is 10.1 Å². The first-order chi connectivity index (χ1) is 8.93. The van der Waals surface area contributed by atoms with Crippen LogP contribution in [0.15, 0.2) is 24.3 Å². The highest BCUT2D eigenvalue weighted by Gasteiger charge is 2.19. The van der Waals surface area contributed by atoms with E-state index < -0.39 is 6.04 Å². The number of ether oxygens (including phenoxy) is 1. The van der Waals surface area contributed by atoms with Crippen molar-refractivity contribution in [2.24, 2.45) is 5.92 Å². The van der Waals surface area contributed by atoms with Crippen LogP contribution in [-0.2, 0) is 16.0 Å². The molecule has 4 nitrogen and oxygen atoms in total. The number of nitrogens with one attached hydrogen (secondary N) is 1. The van der Waals surface area contributed by atoms with E-state index >= 15 is 0 Å². The van der Waals surface area contributed by atoms with E-state index in [1.807, 2.05) is 24.3 Å². The summed E-state index contributed by atoms with van der Waals surface area (Å²) in [5.41, 5.74) is 0.991. The van der Waals surface area contributed by atoms with E-state index in [4.69, 9.17) is 4.74 Å². The van der Waals surface area contributed by atoms with Crippen LogP contribution in [0.3, 0.4) is 0 Å². The van der Waals surface area contributed by atoms with Gasteiger partial charge in [-0.25, -0.2) is 0 Å². The molecule has 19 heavy (non-hydrogen) atoms. The predicted octanol–water partition coefficient (Wildman–Crippen LogP) is 1.97. The van der Waals surface area contributed by atoms with Crippen molar-refractivity contribution in [2.75, 3.05) is 7.11 Å². The zero-order valence-electron chi connectivity index (χ0n) is 11.9. The minimum Gasteiger partial charge on any atom is -0.497 e. The molecular formula is C15H21NO3. The number of carbonyl (C=O) groups is 2. The Hall–Kier alpha value is -1.84. The van der Waals surface area contributed by atoms with Crippen LogP contribution in [0.2, 0.25) is 0 Å². The number of methoxy groups -OCH3 is 1. The van der Waals surface area contributed by atoms with Gasteiger partial charge in [0.15, 0.2) is 5.78 Å². The number of Topliss-reactive ketones (excluding diaryl/α,β-unsaturated/α-hetero) is 1. The van der Waals surface area contributed by atoms with Gasteiger partial charge in [0.25, 0.3) is 0 Å². The third-order valence-corrected chi connectivity index (χ3v) is 2.93. The number of benzene rings is 1. The average Bonchev–Trinajstić information content (AvgIpc) is 2.38. The largest absolute Gasteiger partial charge is 0.497 e. The molecule has 0 aliphatic rings. The summed E-state index contributed by atoms with van der Waals surface area (Å²) in [5.74, 6) is 0.505. The van der Waals surface area contributed by atoms with Gasteiger partial charge < -0.3 is 10.1 Å². The maximum atomic E-state index is 11.7. The molecule has 1 unspecified atom stereocenters. The van der Waals surface area contributed by atoms with E-state index in [-0.39, 0.29) is 17.6 Å². The monoisotopic (exact) mass is 263 g/mol. The molecule has 0 saturated carbocycles. The molecular weight excluding hydrogens is 242 g/mol. The molecule has 0 radical (unpaired) electrons. The molecule has 0 fully saturated rings. The first kappa shape index (κ1) is 15.2. The molecule has 1 aromatic rings. The Morgan fingerprint density at radius 3 is 2.21 bits per heavy atom. The molecule has 0 aromatic heterocycles. The highest BCUT2D eigenvalue weighted by molar-refractivity contribution is 5.88. The number of hydrogen-bond donors (Lipinski definition) is 1. The Morgan fingerprint density at radius 1 is 1.21 bits per heavy atom. The van der Waals surface area contributed by atoms with Crippen LogP contribution in [-0.4, -0.2) is 24.8 Å². The summed E-state index contributed by atoms with van der Waals surface area (Å²) in [4.78, 5) is 23.3. The van der Waals surface area contributed by atoms with E-state index in [1.165, 1.54) is 6.92 Å². The third-order valence-electron chi connectivity index (χ3n) is 2.93. The second kappa shape index (κ2) is 6.92. The van der Waals surface area contributed by atoms with Crippen molar-refractivity contribution in [1.29, 1.82) is 0 Å². The summed E-state index contributed by atoms with van der Waals surface area (Å²) in [7, 11) is 1.61. The summed E-state index contributed by atoms with van der Waals surface area (Å²) in [6, 6.07) is 7.02. The fourth-order valence-corrected chi connectivity index (χ4v) is 1.63. The van der Waals surface area contributed by atoms with Crippen molar-refractivity contribution in [3.05, 3.63) is 29.8 Å². The lowest BCUT2D eigenvalue weighted by Crippen LogP contribution is -2.43. The van der Waals surface area contributed by atoms with Crippen LogP contribution in [0.4, 0.5) is 0 Å². The van der Waals surface area contributed by atoms with E-state index in [1.54, 1.807) is 21.0 Å². The second-order valence-electron chi connectivity index (χ2n) is 4.88. The Labute approximate surface area is 114 Å². The number of hydrogen-bond acceptors (Lipinski definition) is 3. The van der Waals surface area contributed by atoms with Gasteiger partial charge >= 0.3 is 0 Å². The lowest BCUT2D eigenvalue weighted by atomic mass is 10.0. The molecule has 1 amide bonds. The molecule has 0 saturated heterocycles. The van der Waals surface area contributed by atoms with E-state index in [0.29, 0.717) is 6.42 Å². The number of ketones is 1. The van der Waals surface area contributed by atoms with Crippen molar-refractivity contribution in [3.8, 4) is 5.75 Å². The van der Waals surface area contributed by atoms with Gasteiger partial charge in [-0.2, -0.15) is 0 Å². The molecule has 0 heterocycles. The molecule has 1 aromatic carbocycles. The third kappa shape index (κ3) is 4.73. The van der Waals surface area contributed by atoms with Gasteiger partial charge in [-0.1, -0.05) is 26.0 Å². The quantitative estimate of drug-likeness (QED) is 0.853. The molecule has 0 aliphatic heterocycles. The highest BCUT2D eigenvalue weighted by Crippen LogP contribution is 2.13. The molecule has 104 valence electrons. The lowest BCUT2D eigenvalue weighted by Gasteiger charge is -2.17. The van der Waals surface area contributed by atoms with Crippen molar-refractivity contribution < 1.29 is 14.3 Å². The fourth-order valence-electron chi connectivity index (χ4n) is 1.63. The smallest absolute Gasteiger partial charge is 0.223 e. The minimum absolute atomic E-state index is 0.0372. The second-order valence-corrected chi connectivity index (χ2v) is 4.88. The summed E-state index contributed by atoms with van der Waals surface area (Å²) in [6.45, 7) is 5.11.